The van der Waals surface area contributed by atoms with E-state index in [2.05, 4.69) is 49.7 Å². The Morgan fingerprint density at radius 1 is 1.56 bits per heavy atom. The Balaban J connectivity index is 2.05. The van der Waals surface area contributed by atoms with Gasteiger partial charge in [-0.25, -0.2) is 9.97 Å². The number of piperidine rings is 1. The zero-order valence-electron chi connectivity index (χ0n) is 10.9. The molecule has 0 bridgehead atoms. The predicted molar refractivity (Wildman–Crippen MR) is 82.8 cm³/mol. The zero-order chi connectivity index (χ0) is 12.8. The van der Waals surface area contributed by atoms with Crippen molar-refractivity contribution in [2.24, 2.45) is 5.92 Å². The van der Waals surface area contributed by atoms with E-state index in [9.17, 15) is 0 Å². The summed E-state index contributed by atoms with van der Waals surface area (Å²) in [5.41, 5.74) is 0. The van der Waals surface area contributed by atoms with E-state index >= 15 is 0 Å². The molecule has 5 heteroatoms. The first-order valence-electron chi connectivity index (χ1n) is 6.72. The largest absolute Gasteiger partial charge is 0.355 e. The molecule has 1 fully saturated rings. The minimum atomic E-state index is 0.746. The molecule has 1 aromatic rings. The van der Waals surface area contributed by atoms with Crippen LogP contribution in [-0.4, -0.2) is 36.1 Å². The number of hydrogen-bond donors (Lipinski definition) is 1. The van der Waals surface area contributed by atoms with Gasteiger partial charge in [0.15, 0.2) is 0 Å². The summed E-state index contributed by atoms with van der Waals surface area (Å²) in [6, 6.07) is 0. The Bertz CT molecular complexity index is 366. The molecule has 1 aliphatic rings. The first-order valence-corrected chi connectivity index (χ1v) is 7.80. The van der Waals surface area contributed by atoms with Crippen molar-refractivity contribution in [2.75, 3.05) is 31.1 Å². The summed E-state index contributed by atoms with van der Waals surface area (Å²) in [5, 5.41) is 3.49. The van der Waals surface area contributed by atoms with Crippen molar-refractivity contribution in [1.29, 1.82) is 0 Å². The van der Waals surface area contributed by atoms with E-state index in [0.29, 0.717) is 0 Å². The third kappa shape index (κ3) is 3.78. The van der Waals surface area contributed by atoms with Crippen LogP contribution >= 0.6 is 22.6 Å². The maximum Gasteiger partial charge on any atom is 0.145 e. The molecule has 0 radical (unpaired) electrons. The van der Waals surface area contributed by atoms with Gasteiger partial charge in [0.25, 0.3) is 0 Å². The van der Waals surface area contributed by atoms with Crippen LogP contribution in [0.1, 0.15) is 26.2 Å². The fraction of sp³-hybridized carbons (Fsp3) is 0.692. The van der Waals surface area contributed by atoms with Gasteiger partial charge in [0.05, 0.1) is 3.57 Å². The topological polar surface area (TPSA) is 41.0 Å². The highest BCUT2D eigenvalue weighted by Gasteiger charge is 2.19. The smallest absolute Gasteiger partial charge is 0.145 e. The van der Waals surface area contributed by atoms with Gasteiger partial charge in [0, 0.05) is 19.3 Å². The van der Waals surface area contributed by atoms with Crippen LogP contribution in [0.2, 0.25) is 0 Å². The van der Waals surface area contributed by atoms with Crippen molar-refractivity contribution < 1.29 is 0 Å². The molecule has 0 amide bonds. The third-order valence-electron chi connectivity index (χ3n) is 3.32. The summed E-state index contributed by atoms with van der Waals surface area (Å²) in [4.78, 5) is 10.9. The van der Waals surface area contributed by atoms with Crippen LogP contribution in [-0.2, 0) is 0 Å². The summed E-state index contributed by atoms with van der Waals surface area (Å²) in [5.74, 6) is 1.84. The quantitative estimate of drug-likeness (QED) is 0.819. The highest BCUT2D eigenvalue weighted by Crippen LogP contribution is 2.21. The molecule has 0 saturated carbocycles. The zero-order valence-corrected chi connectivity index (χ0v) is 13.1. The summed E-state index contributed by atoms with van der Waals surface area (Å²) in [6.07, 6.45) is 7.32. The Labute approximate surface area is 123 Å². The molecule has 1 aromatic heterocycles. The first-order chi connectivity index (χ1) is 8.81. The van der Waals surface area contributed by atoms with Crippen LogP contribution < -0.4 is 10.2 Å². The molecule has 1 atom stereocenters. The Morgan fingerprint density at radius 3 is 3.11 bits per heavy atom. The van der Waals surface area contributed by atoms with Crippen LogP contribution in [0.3, 0.4) is 0 Å². The lowest BCUT2D eigenvalue weighted by Crippen LogP contribution is -2.39. The van der Waals surface area contributed by atoms with Crippen LogP contribution in [0.15, 0.2) is 12.5 Å². The van der Waals surface area contributed by atoms with E-state index in [-0.39, 0.29) is 0 Å². The van der Waals surface area contributed by atoms with Crippen molar-refractivity contribution in [3.63, 3.8) is 0 Å². The van der Waals surface area contributed by atoms with Crippen molar-refractivity contribution >= 4 is 28.4 Å². The maximum absolute atomic E-state index is 4.45. The second kappa shape index (κ2) is 7.23. The molecular weight excluding hydrogens is 339 g/mol. The van der Waals surface area contributed by atoms with Gasteiger partial charge in [0.2, 0.25) is 0 Å². The van der Waals surface area contributed by atoms with E-state index in [1.54, 1.807) is 6.33 Å². The minimum Gasteiger partial charge on any atom is -0.355 e. The average Bonchev–Trinajstić information content (AvgIpc) is 2.40. The number of rotatable bonds is 5. The van der Waals surface area contributed by atoms with E-state index < -0.39 is 0 Å². The predicted octanol–water partition coefficient (Wildman–Crippen LogP) is 2.30. The van der Waals surface area contributed by atoms with Crippen molar-refractivity contribution in [1.82, 2.24) is 15.3 Å². The lowest BCUT2D eigenvalue weighted by Gasteiger charge is -2.31. The van der Waals surface area contributed by atoms with Crippen LogP contribution in [0.4, 0.5) is 5.82 Å². The van der Waals surface area contributed by atoms with Crippen LogP contribution in [0, 0.1) is 9.49 Å². The number of hydrogen-bond acceptors (Lipinski definition) is 4. The van der Waals surface area contributed by atoms with Crippen molar-refractivity contribution in [2.45, 2.75) is 26.2 Å². The normalized spacial score (nSPS) is 19.8. The second-order valence-corrected chi connectivity index (χ2v) is 6.01. The maximum atomic E-state index is 4.45. The van der Waals surface area contributed by atoms with E-state index in [1.165, 1.54) is 19.4 Å². The third-order valence-corrected chi connectivity index (χ3v) is 4.08. The van der Waals surface area contributed by atoms with Gasteiger partial charge in [-0.05, 0) is 60.9 Å². The Morgan fingerprint density at radius 2 is 2.44 bits per heavy atom. The Kier molecular flexibility index (Phi) is 5.62. The molecule has 1 unspecified atom stereocenters. The first kappa shape index (κ1) is 14.0. The van der Waals surface area contributed by atoms with Crippen LogP contribution in [0.5, 0.6) is 0 Å². The summed E-state index contributed by atoms with van der Waals surface area (Å²) in [7, 11) is 0. The molecule has 0 aromatic carbocycles. The van der Waals surface area contributed by atoms with Gasteiger partial charge in [-0.3, -0.25) is 0 Å². The molecule has 0 aliphatic carbocycles. The molecular formula is C13H21IN4. The second-order valence-electron chi connectivity index (χ2n) is 4.85. The molecule has 18 heavy (non-hydrogen) atoms. The van der Waals surface area contributed by atoms with Gasteiger partial charge < -0.3 is 10.2 Å². The number of nitrogens with one attached hydrogen (secondary N) is 1. The van der Waals surface area contributed by atoms with Crippen molar-refractivity contribution in [3.8, 4) is 0 Å². The molecule has 4 nitrogen and oxygen atoms in total. The van der Waals surface area contributed by atoms with Gasteiger partial charge in [-0.1, -0.05) is 6.92 Å². The fourth-order valence-corrected chi connectivity index (χ4v) is 3.13. The van der Waals surface area contributed by atoms with E-state index in [1.807, 2.05) is 6.20 Å². The van der Waals surface area contributed by atoms with Crippen molar-refractivity contribution in [3.05, 3.63) is 16.1 Å². The lowest BCUT2D eigenvalue weighted by molar-refractivity contribution is 0.376. The number of aromatic nitrogens is 2. The fourth-order valence-electron chi connectivity index (χ4n) is 2.48. The standard InChI is InChI=1S/C13H21IN4/c1-2-6-18(9-11-4-3-5-15-7-11)13-12(14)8-16-10-17-13/h8,10-11,15H,2-7,9H2,1H3. The molecule has 1 aliphatic heterocycles. The summed E-state index contributed by atoms with van der Waals surface area (Å²) < 4.78 is 1.15. The van der Waals surface area contributed by atoms with E-state index in [4.69, 9.17) is 0 Å². The molecule has 100 valence electrons. The summed E-state index contributed by atoms with van der Waals surface area (Å²) >= 11 is 2.33. The van der Waals surface area contributed by atoms with E-state index in [0.717, 1.165) is 41.4 Å². The molecule has 1 N–H and O–H groups in total. The lowest BCUT2D eigenvalue weighted by atomic mass is 9.99. The average molecular weight is 360 g/mol. The van der Waals surface area contributed by atoms with Gasteiger partial charge in [0.1, 0.15) is 12.1 Å². The molecule has 2 heterocycles. The minimum absolute atomic E-state index is 0.746. The van der Waals surface area contributed by atoms with Crippen LogP contribution in [0.25, 0.3) is 0 Å². The number of nitrogens with zero attached hydrogens (tertiary/aromatic N) is 3. The molecule has 1 saturated heterocycles. The summed E-state index contributed by atoms with van der Waals surface area (Å²) in [6.45, 7) is 6.72. The number of anilines is 1. The highest BCUT2D eigenvalue weighted by atomic mass is 127. The highest BCUT2D eigenvalue weighted by molar-refractivity contribution is 14.1. The molecule has 0 spiro atoms. The molecule has 2 rings (SSSR count). The monoisotopic (exact) mass is 360 g/mol. The SMILES string of the molecule is CCCN(CC1CCCNC1)c1ncncc1I. The van der Waals surface area contributed by atoms with Gasteiger partial charge >= 0.3 is 0 Å². The number of halogens is 1. The Hall–Kier alpha value is -0.430. The van der Waals surface area contributed by atoms with Gasteiger partial charge in [-0.15, -0.1) is 0 Å². The van der Waals surface area contributed by atoms with Gasteiger partial charge in [-0.2, -0.15) is 0 Å².